The van der Waals surface area contributed by atoms with Crippen LogP contribution in [0.1, 0.15) is 36.3 Å². The Bertz CT molecular complexity index is 662. The number of carbonyl (C=O) groups is 1. The van der Waals surface area contributed by atoms with Gasteiger partial charge in [0.25, 0.3) is 0 Å². The van der Waals surface area contributed by atoms with Crippen LogP contribution in [-0.4, -0.2) is 37.0 Å². The summed E-state index contributed by atoms with van der Waals surface area (Å²) in [6, 6.07) is 20.9. The predicted octanol–water partition coefficient (Wildman–Crippen LogP) is 3.67. The lowest BCUT2D eigenvalue weighted by Gasteiger charge is -2.25. The fourth-order valence-electron chi connectivity index (χ4n) is 4.57. The molecule has 2 aliphatic heterocycles. The van der Waals surface area contributed by atoms with Crippen molar-refractivity contribution in [1.82, 2.24) is 10.2 Å². The highest BCUT2D eigenvalue weighted by molar-refractivity contribution is 5.77. The van der Waals surface area contributed by atoms with Crippen LogP contribution in [-0.2, 0) is 4.79 Å². The minimum absolute atomic E-state index is 0.134. The highest BCUT2D eigenvalue weighted by atomic mass is 16.2. The van der Waals surface area contributed by atoms with Crippen molar-refractivity contribution in [3.63, 3.8) is 0 Å². The van der Waals surface area contributed by atoms with Gasteiger partial charge in [-0.3, -0.25) is 4.79 Å². The number of likely N-dealkylation sites (tertiary alicyclic amines) is 1. The second-order valence-corrected chi connectivity index (χ2v) is 7.71. The summed E-state index contributed by atoms with van der Waals surface area (Å²) in [6.07, 6.45) is 2.84. The Hall–Kier alpha value is -2.13. The van der Waals surface area contributed by atoms with Crippen molar-refractivity contribution in [3.8, 4) is 0 Å². The van der Waals surface area contributed by atoms with E-state index in [0.717, 1.165) is 50.9 Å². The van der Waals surface area contributed by atoms with Crippen LogP contribution in [0.3, 0.4) is 0 Å². The highest BCUT2D eigenvalue weighted by Gasteiger charge is 2.32. The molecule has 0 aliphatic carbocycles. The Kier molecular flexibility index (Phi) is 5.35. The van der Waals surface area contributed by atoms with E-state index in [0.29, 0.717) is 12.3 Å². The lowest BCUT2D eigenvalue weighted by atomic mass is 9.88. The fourth-order valence-corrected chi connectivity index (χ4v) is 4.57. The van der Waals surface area contributed by atoms with Crippen LogP contribution in [0.4, 0.5) is 0 Å². The van der Waals surface area contributed by atoms with E-state index in [9.17, 15) is 4.79 Å². The average Bonchev–Trinajstić information content (AvgIpc) is 3.05. The standard InChI is InChI=1S/C23H28N2O/c26-23(25-13-11-20-16-24-17-21(20)12-14-25)15-22(18-7-3-1-4-8-18)19-9-5-2-6-10-19/h1-10,20-22,24H,11-17H2/t20-,21+. The molecule has 136 valence electrons. The largest absolute Gasteiger partial charge is 0.343 e. The molecule has 2 fully saturated rings. The van der Waals surface area contributed by atoms with E-state index in [1.165, 1.54) is 11.1 Å². The first-order valence-electron chi connectivity index (χ1n) is 9.89. The molecule has 0 bridgehead atoms. The maximum absolute atomic E-state index is 13.1. The quantitative estimate of drug-likeness (QED) is 0.914. The van der Waals surface area contributed by atoms with Gasteiger partial charge in [-0.2, -0.15) is 0 Å². The molecule has 0 aromatic heterocycles. The number of carbonyl (C=O) groups excluding carboxylic acids is 1. The van der Waals surface area contributed by atoms with Crippen LogP contribution < -0.4 is 5.32 Å². The zero-order valence-corrected chi connectivity index (χ0v) is 15.3. The number of hydrogen-bond acceptors (Lipinski definition) is 2. The van der Waals surface area contributed by atoms with Crippen LogP contribution in [0.2, 0.25) is 0 Å². The Morgan fingerprint density at radius 2 is 1.38 bits per heavy atom. The van der Waals surface area contributed by atoms with E-state index in [1.807, 2.05) is 12.1 Å². The molecule has 0 unspecified atom stereocenters. The van der Waals surface area contributed by atoms with Gasteiger partial charge in [0, 0.05) is 25.4 Å². The second-order valence-electron chi connectivity index (χ2n) is 7.71. The molecule has 1 amide bonds. The molecule has 2 aliphatic rings. The minimum atomic E-state index is 0.134. The zero-order chi connectivity index (χ0) is 17.8. The van der Waals surface area contributed by atoms with Gasteiger partial charge in [0.1, 0.15) is 0 Å². The highest BCUT2D eigenvalue weighted by Crippen LogP contribution is 2.31. The number of rotatable bonds is 4. The topological polar surface area (TPSA) is 32.3 Å². The van der Waals surface area contributed by atoms with Crippen molar-refractivity contribution in [3.05, 3.63) is 71.8 Å². The predicted molar refractivity (Wildman–Crippen MR) is 105 cm³/mol. The van der Waals surface area contributed by atoms with Crippen LogP contribution >= 0.6 is 0 Å². The van der Waals surface area contributed by atoms with E-state index in [-0.39, 0.29) is 5.92 Å². The molecule has 2 heterocycles. The Balaban J connectivity index is 1.49. The van der Waals surface area contributed by atoms with E-state index in [4.69, 9.17) is 0 Å². The minimum Gasteiger partial charge on any atom is -0.343 e. The average molecular weight is 348 g/mol. The van der Waals surface area contributed by atoms with Crippen molar-refractivity contribution < 1.29 is 4.79 Å². The maximum atomic E-state index is 13.1. The molecule has 0 radical (unpaired) electrons. The number of fused-ring (bicyclic) bond motifs is 1. The van der Waals surface area contributed by atoms with E-state index < -0.39 is 0 Å². The SMILES string of the molecule is O=C(CC(c1ccccc1)c1ccccc1)N1CC[C@@H]2CNC[C@@H]2CC1. The van der Waals surface area contributed by atoms with Crippen molar-refractivity contribution in [1.29, 1.82) is 0 Å². The molecule has 2 aromatic carbocycles. The zero-order valence-electron chi connectivity index (χ0n) is 15.3. The van der Waals surface area contributed by atoms with Gasteiger partial charge in [0.2, 0.25) is 5.91 Å². The lowest BCUT2D eigenvalue weighted by molar-refractivity contribution is -0.131. The third-order valence-corrected chi connectivity index (χ3v) is 6.15. The smallest absolute Gasteiger partial charge is 0.223 e. The number of nitrogens with one attached hydrogen (secondary N) is 1. The molecule has 2 atom stereocenters. The third-order valence-electron chi connectivity index (χ3n) is 6.15. The van der Waals surface area contributed by atoms with Gasteiger partial charge in [-0.05, 0) is 48.9 Å². The molecular weight excluding hydrogens is 320 g/mol. The van der Waals surface area contributed by atoms with Crippen molar-refractivity contribution in [2.75, 3.05) is 26.2 Å². The molecular formula is C23H28N2O. The molecule has 4 rings (SSSR count). The van der Waals surface area contributed by atoms with E-state index in [1.54, 1.807) is 0 Å². The van der Waals surface area contributed by atoms with Crippen LogP contribution in [0.15, 0.2) is 60.7 Å². The molecule has 3 nitrogen and oxygen atoms in total. The molecule has 26 heavy (non-hydrogen) atoms. The Morgan fingerprint density at radius 1 is 0.885 bits per heavy atom. The Morgan fingerprint density at radius 3 is 1.88 bits per heavy atom. The van der Waals surface area contributed by atoms with E-state index >= 15 is 0 Å². The van der Waals surface area contributed by atoms with Gasteiger partial charge in [-0.1, -0.05) is 60.7 Å². The summed E-state index contributed by atoms with van der Waals surface area (Å²) >= 11 is 0. The van der Waals surface area contributed by atoms with Gasteiger partial charge in [0.15, 0.2) is 0 Å². The molecule has 2 saturated heterocycles. The third kappa shape index (κ3) is 3.83. The molecule has 3 heteroatoms. The summed E-state index contributed by atoms with van der Waals surface area (Å²) in [6.45, 7) is 4.09. The van der Waals surface area contributed by atoms with Gasteiger partial charge >= 0.3 is 0 Å². The lowest BCUT2D eigenvalue weighted by Crippen LogP contribution is -2.33. The summed E-state index contributed by atoms with van der Waals surface area (Å²) in [5, 5.41) is 3.51. The number of hydrogen-bond donors (Lipinski definition) is 1. The maximum Gasteiger partial charge on any atom is 0.223 e. The monoisotopic (exact) mass is 348 g/mol. The van der Waals surface area contributed by atoms with Gasteiger partial charge in [-0.25, -0.2) is 0 Å². The van der Waals surface area contributed by atoms with Crippen molar-refractivity contribution in [2.45, 2.75) is 25.2 Å². The molecule has 0 saturated carbocycles. The molecule has 0 spiro atoms. The first-order valence-corrected chi connectivity index (χ1v) is 9.89. The summed E-state index contributed by atoms with van der Waals surface area (Å²) < 4.78 is 0. The second kappa shape index (κ2) is 8.05. The summed E-state index contributed by atoms with van der Waals surface area (Å²) in [5.74, 6) is 1.95. The van der Waals surface area contributed by atoms with Gasteiger partial charge in [-0.15, -0.1) is 0 Å². The fraction of sp³-hybridized carbons (Fsp3) is 0.435. The van der Waals surface area contributed by atoms with Crippen LogP contribution in [0, 0.1) is 11.8 Å². The molecule has 2 aromatic rings. The Labute approximate surface area is 156 Å². The van der Waals surface area contributed by atoms with Crippen LogP contribution in [0.25, 0.3) is 0 Å². The number of nitrogens with zero attached hydrogens (tertiary/aromatic N) is 1. The first kappa shape index (κ1) is 17.3. The van der Waals surface area contributed by atoms with Gasteiger partial charge in [0.05, 0.1) is 0 Å². The summed E-state index contributed by atoms with van der Waals surface area (Å²) in [4.78, 5) is 15.3. The summed E-state index contributed by atoms with van der Waals surface area (Å²) in [5.41, 5.74) is 2.45. The molecule has 1 N–H and O–H groups in total. The summed E-state index contributed by atoms with van der Waals surface area (Å²) in [7, 11) is 0. The van der Waals surface area contributed by atoms with Crippen LogP contribution in [0.5, 0.6) is 0 Å². The normalized spacial score (nSPS) is 22.9. The van der Waals surface area contributed by atoms with Crippen molar-refractivity contribution in [2.24, 2.45) is 11.8 Å². The van der Waals surface area contributed by atoms with Crippen molar-refractivity contribution >= 4 is 5.91 Å². The number of benzene rings is 2. The number of amides is 1. The van der Waals surface area contributed by atoms with Gasteiger partial charge < -0.3 is 10.2 Å². The first-order chi connectivity index (χ1) is 12.8. The van der Waals surface area contributed by atoms with E-state index in [2.05, 4.69) is 58.7 Å².